The number of rotatable bonds is 2. The highest BCUT2D eigenvalue weighted by Crippen LogP contribution is 2.23. The Kier molecular flexibility index (Phi) is 3.15. The van der Waals surface area contributed by atoms with Crippen LogP contribution in [0.1, 0.15) is 24.8 Å². The average Bonchev–Trinajstić information content (AvgIpc) is 2.64. The van der Waals surface area contributed by atoms with Crippen LogP contribution >= 0.6 is 0 Å². The van der Waals surface area contributed by atoms with Crippen LogP contribution in [0.3, 0.4) is 0 Å². The number of allylic oxidation sites excluding steroid dienone is 1. The summed E-state index contributed by atoms with van der Waals surface area (Å²) in [5.74, 6) is 0.206. The second-order valence-corrected chi connectivity index (χ2v) is 6.30. The molecule has 0 N–H and O–H groups in total. The second-order valence-electron chi connectivity index (χ2n) is 4.29. The highest BCUT2D eigenvalue weighted by molar-refractivity contribution is 7.90. The SMILES string of the molecule is CS(=O)(=O)c1ccc(C=C2CCCC2=O)cc1. The van der Waals surface area contributed by atoms with E-state index in [-0.39, 0.29) is 5.78 Å². The van der Waals surface area contributed by atoms with E-state index in [4.69, 9.17) is 0 Å². The summed E-state index contributed by atoms with van der Waals surface area (Å²) in [5.41, 5.74) is 1.72. The van der Waals surface area contributed by atoms with E-state index >= 15 is 0 Å². The molecule has 17 heavy (non-hydrogen) atoms. The van der Waals surface area contributed by atoms with Crippen LogP contribution in [0.4, 0.5) is 0 Å². The molecule has 0 radical (unpaired) electrons. The van der Waals surface area contributed by atoms with Crippen LogP contribution in [-0.4, -0.2) is 20.5 Å². The molecule has 0 aliphatic heterocycles. The topological polar surface area (TPSA) is 51.2 Å². The van der Waals surface area contributed by atoms with E-state index in [1.165, 1.54) is 6.26 Å². The van der Waals surface area contributed by atoms with Crippen LogP contribution in [-0.2, 0) is 14.6 Å². The van der Waals surface area contributed by atoms with E-state index < -0.39 is 9.84 Å². The molecule has 1 aromatic carbocycles. The van der Waals surface area contributed by atoms with Gasteiger partial charge in [0, 0.05) is 12.7 Å². The third-order valence-electron chi connectivity index (χ3n) is 2.86. The molecule has 1 fully saturated rings. The van der Waals surface area contributed by atoms with Crippen molar-refractivity contribution in [2.24, 2.45) is 0 Å². The molecule has 0 atom stereocenters. The molecule has 0 saturated heterocycles. The van der Waals surface area contributed by atoms with Crippen LogP contribution in [0.15, 0.2) is 34.7 Å². The summed E-state index contributed by atoms with van der Waals surface area (Å²) in [5, 5.41) is 0. The fraction of sp³-hybridized carbons (Fsp3) is 0.308. The van der Waals surface area contributed by atoms with E-state index in [9.17, 15) is 13.2 Å². The molecule has 90 valence electrons. The normalized spacial score (nSPS) is 18.9. The summed E-state index contributed by atoms with van der Waals surface area (Å²) >= 11 is 0. The minimum Gasteiger partial charge on any atom is -0.295 e. The maximum atomic E-state index is 11.4. The number of ketones is 1. The molecule has 0 unspecified atom stereocenters. The van der Waals surface area contributed by atoms with Crippen molar-refractivity contribution in [3.8, 4) is 0 Å². The Bertz CT molecular complexity index is 565. The molecule has 1 saturated carbocycles. The highest BCUT2D eigenvalue weighted by atomic mass is 32.2. The van der Waals surface area contributed by atoms with Gasteiger partial charge in [0.05, 0.1) is 4.90 Å². The van der Waals surface area contributed by atoms with Gasteiger partial charge in [-0.3, -0.25) is 4.79 Å². The maximum Gasteiger partial charge on any atom is 0.175 e. The Morgan fingerprint density at radius 1 is 1.12 bits per heavy atom. The molecule has 0 heterocycles. The molecular weight excluding hydrogens is 236 g/mol. The number of hydrogen-bond donors (Lipinski definition) is 0. The van der Waals surface area contributed by atoms with E-state index in [0.717, 1.165) is 24.0 Å². The standard InChI is InChI=1S/C13H14O3S/c1-17(15,16)12-7-5-10(6-8-12)9-11-3-2-4-13(11)14/h5-9H,2-4H2,1H3. The Morgan fingerprint density at radius 3 is 2.24 bits per heavy atom. The van der Waals surface area contributed by atoms with Crippen LogP contribution < -0.4 is 0 Å². The van der Waals surface area contributed by atoms with Gasteiger partial charge in [0.25, 0.3) is 0 Å². The zero-order valence-corrected chi connectivity index (χ0v) is 10.5. The van der Waals surface area contributed by atoms with E-state index in [0.29, 0.717) is 11.3 Å². The first kappa shape index (κ1) is 12.0. The molecule has 0 amide bonds. The van der Waals surface area contributed by atoms with Gasteiger partial charge in [-0.2, -0.15) is 0 Å². The lowest BCUT2D eigenvalue weighted by Gasteiger charge is -2.00. The van der Waals surface area contributed by atoms with E-state index in [1.54, 1.807) is 24.3 Å². The first-order valence-electron chi connectivity index (χ1n) is 5.51. The van der Waals surface area contributed by atoms with Crippen molar-refractivity contribution in [2.75, 3.05) is 6.26 Å². The molecule has 0 bridgehead atoms. The number of sulfone groups is 1. The first-order chi connectivity index (χ1) is 7.97. The molecule has 0 aromatic heterocycles. The molecule has 2 rings (SSSR count). The van der Waals surface area contributed by atoms with Gasteiger partial charge in [-0.1, -0.05) is 12.1 Å². The van der Waals surface area contributed by atoms with Gasteiger partial charge in [-0.05, 0) is 42.2 Å². The van der Waals surface area contributed by atoms with Crippen molar-refractivity contribution in [2.45, 2.75) is 24.2 Å². The largest absolute Gasteiger partial charge is 0.295 e. The van der Waals surface area contributed by atoms with Gasteiger partial charge in [0.2, 0.25) is 0 Å². The Morgan fingerprint density at radius 2 is 1.76 bits per heavy atom. The maximum absolute atomic E-state index is 11.4. The van der Waals surface area contributed by atoms with Crippen molar-refractivity contribution < 1.29 is 13.2 Å². The lowest BCUT2D eigenvalue weighted by Crippen LogP contribution is -1.96. The summed E-state index contributed by atoms with van der Waals surface area (Å²) < 4.78 is 22.5. The van der Waals surface area contributed by atoms with Gasteiger partial charge in [0.1, 0.15) is 0 Å². The second kappa shape index (κ2) is 4.45. The number of hydrogen-bond acceptors (Lipinski definition) is 3. The molecule has 4 heteroatoms. The van der Waals surface area contributed by atoms with Crippen molar-refractivity contribution in [3.05, 3.63) is 35.4 Å². The lowest BCUT2D eigenvalue weighted by molar-refractivity contribution is -0.114. The number of benzene rings is 1. The average molecular weight is 250 g/mol. The van der Waals surface area contributed by atoms with Gasteiger partial charge >= 0.3 is 0 Å². The molecule has 0 spiro atoms. The van der Waals surface area contributed by atoms with E-state index in [1.807, 2.05) is 6.08 Å². The summed E-state index contributed by atoms with van der Waals surface area (Å²) in [7, 11) is -3.15. The zero-order valence-electron chi connectivity index (χ0n) is 9.64. The van der Waals surface area contributed by atoms with Crippen molar-refractivity contribution in [3.63, 3.8) is 0 Å². The fourth-order valence-electron chi connectivity index (χ4n) is 1.90. The van der Waals surface area contributed by atoms with Crippen LogP contribution in [0, 0.1) is 0 Å². The quantitative estimate of drug-likeness (QED) is 0.756. The van der Waals surface area contributed by atoms with Gasteiger partial charge in [-0.15, -0.1) is 0 Å². The zero-order chi connectivity index (χ0) is 12.5. The van der Waals surface area contributed by atoms with Crippen LogP contribution in [0.25, 0.3) is 6.08 Å². The van der Waals surface area contributed by atoms with Gasteiger partial charge < -0.3 is 0 Å². The van der Waals surface area contributed by atoms with Crippen molar-refractivity contribution >= 4 is 21.7 Å². The molecular formula is C13H14O3S. The first-order valence-corrected chi connectivity index (χ1v) is 7.40. The Balaban J connectivity index is 2.28. The molecule has 1 aromatic rings. The minimum atomic E-state index is -3.15. The number of carbonyl (C=O) groups is 1. The molecule has 1 aliphatic rings. The third-order valence-corrected chi connectivity index (χ3v) is 3.99. The predicted molar refractivity (Wildman–Crippen MR) is 66.4 cm³/mol. The van der Waals surface area contributed by atoms with Crippen LogP contribution in [0.2, 0.25) is 0 Å². The monoisotopic (exact) mass is 250 g/mol. The summed E-state index contributed by atoms with van der Waals surface area (Å²) in [6.45, 7) is 0. The summed E-state index contributed by atoms with van der Waals surface area (Å²) in [6.07, 6.45) is 5.41. The highest BCUT2D eigenvalue weighted by Gasteiger charge is 2.16. The van der Waals surface area contributed by atoms with E-state index in [2.05, 4.69) is 0 Å². The predicted octanol–water partition coefficient (Wildman–Crippen LogP) is 2.23. The van der Waals surface area contributed by atoms with Gasteiger partial charge in [0.15, 0.2) is 15.6 Å². The Labute approximate surface area is 101 Å². The molecule has 1 aliphatic carbocycles. The fourth-order valence-corrected chi connectivity index (χ4v) is 2.53. The third kappa shape index (κ3) is 2.82. The number of carbonyl (C=O) groups excluding carboxylic acids is 1. The lowest BCUT2D eigenvalue weighted by atomic mass is 10.1. The minimum absolute atomic E-state index is 0.206. The van der Waals surface area contributed by atoms with Crippen LogP contribution in [0.5, 0.6) is 0 Å². The number of Topliss-reactive ketones (excluding diaryl/α,β-unsaturated/α-hetero) is 1. The van der Waals surface area contributed by atoms with Crippen molar-refractivity contribution in [1.82, 2.24) is 0 Å². The van der Waals surface area contributed by atoms with Crippen molar-refractivity contribution in [1.29, 1.82) is 0 Å². The smallest absolute Gasteiger partial charge is 0.175 e. The summed E-state index contributed by atoms with van der Waals surface area (Å²) in [4.78, 5) is 11.7. The van der Waals surface area contributed by atoms with Gasteiger partial charge in [-0.25, -0.2) is 8.42 Å². The Hall–Kier alpha value is -1.42. The molecule has 3 nitrogen and oxygen atoms in total. The summed E-state index contributed by atoms with van der Waals surface area (Å²) in [6, 6.07) is 6.60.